The highest BCUT2D eigenvalue weighted by molar-refractivity contribution is 5.91. The minimum absolute atomic E-state index is 0.0578. The lowest BCUT2D eigenvalue weighted by Crippen LogP contribution is -2.32. The van der Waals surface area contributed by atoms with Crippen molar-refractivity contribution >= 4 is 17.9 Å². The van der Waals surface area contributed by atoms with E-state index in [1.165, 1.54) is 23.1 Å². The number of carboxylic acids is 1. The number of aromatic carboxylic acids is 1. The van der Waals surface area contributed by atoms with Crippen LogP contribution < -0.4 is 4.90 Å². The zero-order chi connectivity index (χ0) is 17.5. The fourth-order valence-corrected chi connectivity index (χ4v) is 2.10. The molecule has 0 saturated carbocycles. The first-order valence-corrected chi connectivity index (χ1v) is 7.32. The zero-order valence-corrected chi connectivity index (χ0v) is 13.3. The average Bonchev–Trinajstić information content (AvgIpc) is 2.58. The molecule has 24 heavy (non-hydrogen) atoms. The molecule has 0 bridgehead atoms. The summed E-state index contributed by atoms with van der Waals surface area (Å²) in [4.78, 5) is 29.0. The van der Waals surface area contributed by atoms with Crippen LogP contribution in [0.4, 0.5) is 10.6 Å². The van der Waals surface area contributed by atoms with Crippen LogP contribution in [0.25, 0.3) is 0 Å². The van der Waals surface area contributed by atoms with E-state index in [0.29, 0.717) is 5.69 Å². The van der Waals surface area contributed by atoms with Gasteiger partial charge in [-0.25, -0.2) is 14.6 Å². The highest BCUT2D eigenvalue weighted by Gasteiger charge is 2.19. The van der Waals surface area contributed by atoms with Crippen LogP contribution in [-0.2, 0) is 11.3 Å². The summed E-state index contributed by atoms with van der Waals surface area (Å²) in [5, 5.41) is 9.15. The van der Waals surface area contributed by atoms with Gasteiger partial charge in [-0.2, -0.15) is 0 Å². The lowest BCUT2D eigenvalue weighted by molar-refractivity contribution is 0.0696. The number of rotatable bonds is 6. The summed E-state index contributed by atoms with van der Waals surface area (Å²) in [7, 11) is 0. The number of carbonyl (C=O) groups excluding carboxylic acids is 1. The van der Waals surface area contributed by atoms with Crippen LogP contribution in [-0.4, -0.2) is 28.7 Å². The third kappa shape index (κ3) is 4.42. The number of hydrogen-bond donors (Lipinski definition) is 1. The standard InChI is InChI=1S/C18H18N2O4/c1-3-9-20(16-11-15(17(21)22)10-13(2)19-16)18(23)24-12-14-7-5-4-6-8-14/h3-8,10-11H,1,9,12H2,2H3,(H,21,22). The van der Waals surface area contributed by atoms with Crippen LogP contribution in [0.3, 0.4) is 0 Å². The Morgan fingerprint density at radius 1 is 1.29 bits per heavy atom. The van der Waals surface area contributed by atoms with E-state index in [0.717, 1.165) is 5.56 Å². The lowest BCUT2D eigenvalue weighted by Gasteiger charge is -2.20. The number of amides is 1. The largest absolute Gasteiger partial charge is 0.478 e. The normalized spacial score (nSPS) is 10.0. The fraction of sp³-hybridized carbons (Fsp3) is 0.167. The molecule has 0 aliphatic carbocycles. The molecule has 1 aromatic heterocycles. The molecule has 6 nitrogen and oxygen atoms in total. The van der Waals surface area contributed by atoms with E-state index in [-0.39, 0.29) is 24.5 Å². The average molecular weight is 326 g/mol. The Labute approximate surface area is 140 Å². The van der Waals surface area contributed by atoms with Crippen molar-refractivity contribution in [3.05, 3.63) is 71.9 Å². The van der Waals surface area contributed by atoms with E-state index in [4.69, 9.17) is 9.84 Å². The molecule has 1 N–H and O–H groups in total. The maximum atomic E-state index is 12.4. The number of carboxylic acid groups (broad SMARTS) is 1. The Kier molecular flexibility index (Phi) is 5.68. The molecule has 1 amide bonds. The first-order valence-electron chi connectivity index (χ1n) is 7.32. The smallest absolute Gasteiger partial charge is 0.416 e. The van der Waals surface area contributed by atoms with Gasteiger partial charge in [-0.15, -0.1) is 6.58 Å². The number of hydrogen-bond acceptors (Lipinski definition) is 4. The van der Waals surface area contributed by atoms with E-state index in [2.05, 4.69) is 11.6 Å². The van der Waals surface area contributed by atoms with E-state index < -0.39 is 12.1 Å². The number of pyridine rings is 1. The van der Waals surface area contributed by atoms with Crippen molar-refractivity contribution in [1.29, 1.82) is 0 Å². The Balaban J connectivity index is 2.20. The quantitative estimate of drug-likeness (QED) is 0.823. The molecule has 124 valence electrons. The number of carbonyl (C=O) groups is 2. The molecule has 0 radical (unpaired) electrons. The van der Waals surface area contributed by atoms with Crippen molar-refractivity contribution in [2.75, 3.05) is 11.4 Å². The minimum Gasteiger partial charge on any atom is -0.478 e. The molecular formula is C18H18N2O4. The van der Waals surface area contributed by atoms with Crippen LogP contribution in [0.5, 0.6) is 0 Å². The SMILES string of the molecule is C=CCN(C(=O)OCc1ccccc1)c1cc(C(=O)O)cc(C)n1. The van der Waals surface area contributed by atoms with Crippen LogP contribution in [0, 0.1) is 6.92 Å². The predicted octanol–water partition coefficient (Wildman–Crippen LogP) is 3.42. The molecule has 0 fully saturated rings. The number of aromatic nitrogens is 1. The fourth-order valence-electron chi connectivity index (χ4n) is 2.10. The highest BCUT2D eigenvalue weighted by Crippen LogP contribution is 2.17. The van der Waals surface area contributed by atoms with Crippen LogP contribution in [0.15, 0.2) is 55.1 Å². The summed E-state index contributed by atoms with van der Waals surface area (Å²) >= 11 is 0. The topological polar surface area (TPSA) is 79.7 Å². The first-order chi connectivity index (χ1) is 11.5. The van der Waals surface area contributed by atoms with Gasteiger partial charge in [0, 0.05) is 12.2 Å². The molecule has 0 atom stereocenters. The Morgan fingerprint density at radius 3 is 2.62 bits per heavy atom. The Bertz CT molecular complexity index is 744. The lowest BCUT2D eigenvalue weighted by atomic mass is 10.2. The van der Waals surface area contributed by atoms with Crippen molar-refractivity contribution < 1.29 is 19.4 Å². The number of anilines is 1. The summed E-state index contributed by atoms with van der Waals surface area (Å²) in [5.41, 5.74) is 1.41. The molecule has 0 aliphatic heterocycles. The summed E-state index contributed by atoms with van der Waals surface area (Å²) in [6.07, 6.45) is 0.905. The van der Waals surface area contributed by atoms with Crippen LogP contribution >= 0.6 is 0 Å². The molecule has 2 aromatic rings. The third-order valence-corrected chi connectivity index (χ3v) is 3.20. The molecule has 6 heteroatoms. The van der Waals surface area contributed by atoms with Gasteiger partial charge in [-0.1, -0.05) is 36.4 Å². The van der Waals surface area contributed by atoms with Gasteiger partial charge in [-0.3, -0.25) is 4.90 Å². The van der Waals surface area contributed by atoms with Gasteiger partial charge in [0.05, 0.1) is 5.56 Å². The van der Waals surface area contributed by atoms with Gasteiger partial charge < -0.3 is 9.84 Å². The van der Waals surface area contributed by atoms with Crippen molar-refractivity contribution in [2.24, 2.45) is 0 Å². The maximum Gasteiger partial charge on any atom is 0.416 e. The van der Waals surface area contributed by atoms with Gasteiger partial charge in [-0.05, 0) is 24.6 Å². The van der Waals surface area contributed by atoms with Crippen LogP contribution in [0.2, 0.25) is 0 Å². The van der Waals surface area contributed by atoms with Crippen LogP contribution in [0.1, 0.15) is 21.6 Å². The molecular weight excluding hydrogens is 308 g/mol. The summed E-state index contributed by atoms with van der Waals surface area (Å²) < 4.78 is 5.29. The summed E-state index contributed by atoms with van der Waals surface area (Å²) in [6, 6.07) is 12.0. The first kappa shape index (κ1) is 17.2. The van der Waals surface area contributed by atoms with Gasteiger partial charge in [0.2, 0.25) is 0 Å². The molecule has 1 aromatic carbocycles. The number of nitrogens with zero attached hydrogens (tertiary/aromatic N) is 2. The predicted molar refractivity (Wildman–Crippen MR) is 90.1 cm³/mol. The molecule has 0 saturated heterocycles. The van der Waals surface area contributed by atoms with Gasteiger partial charge >= 0.3 is 12.1 Å². The van der Waals surface area contributed by atoms with Crippen molar-refractivity contribution in [3.63, 3.8) is 0 Å². The second-order valence-corrected chi connectivity index (χ2v) is 5.10. The second-order valence-electron chi connectivity index (χ2n) is 5.10. The second kappa shape index (κ2) is 7.92. The molecule has 0 spiro atoms. The van der Waals surface area contributed by atoms with E-state index >= 15 is 0 Å². The summed E-state index contributed by atoms with van der Waals surface area (Å²) in [6.45, 7) is 5.55. The Hall–Kier alpha value is -3.15. The van der Waals surface area contributed by atoms with E-state index in [1.54, 1.807) is 6.92 Å². The van der Waals surface area contributed by atoms with Gasteiger partial charge in [0.15, 0.2) is 0 Å². The number of benzene rings is 1. The van der Waals surface area contributed by atoms with Gasteiger partial charge in [0.25, 0.3) is 0 Å². The molecule has 0 aliphatic rings. The van der Waals surface area contributed by atoms with Crippen molar-refractivity contribution in [3.8, 4) is 0 Å². The zero-order valence-electron chi connectivity index (χ0n) is 13.3. The third-order valence-electron chi connectivity index (χ3n) is 3.20. The molecule has 1 heterocycles. The minimum atomic E-state index is -1.09. The molecule has 2 rings (SSSR count). The highest BCUT2D eigenvalue weighted by atomic mass is 16.6. The maximum absolute atomic E-state index is 12.4. The number of aryl methyl sites for hydroxylation is 1. The monoisotopic (exact) mass is 326 g/mol. The van der Waals surface area contributed by atoms with Crippen molar-refractivity contribution in [1.82, 2.24) is 4.98 Å². The molecule has 0 unspecified atom stereocenters. The summed E-state index contributed by atoms with van der Waals surface area (Å²) in [5.74, 6) is -0.872. The van der Waals surface area contributed by atoms with Gasteiger partial charge in [0.1, 0.15) is 12.4 Å². The van der Waals surface area contributed by atoms with E-state index in [1.807, 2.05) is 30.3 Å². The van der Waals surface area contributed by atoms with E-state index in [9.17, 15) is 9.59 Å². The number of ether oxygens (including phenoxy) is 1. The Morgan fingerprint density at radius 2 is 2.00 bits per heavy atom. The van der Waals surface area contributed by atoms with Crippen molar-refractivity contribution in [2.45, 2.75) is 13.5 Å².